The number of hydrogen-bond donors (Lipinski definition) is 0. The number of fused-ring (bicyclic) bond motifs is 1. The number of nitrogens with zero attached hydrogens (tertiary/aromatic N) is 1. The maximum absolute atomic E-state index is 11.9. The molecular formula is C18H27NO3. The zero-order valence-corrected chi connectivity index (χ0v) is 14.3. The van der Waals surface area contributed by atoms with Gasteiger partial charge in [-0.05, 0) is 43.8 Å². The number of carbonyl (C=O) groups excluding carboxylic acids is 1. The van der Waals surface area contributed by atoms with Crippen LogP contribution < -0.4 is 4.74 Å². The van der Waals surface area contributed by atoms with Crippen molar-refractivity contribution < 1.29 is 14.3 Å². The largest absolute Gasteiger partial charge is 0.492 e. The number of rotatable bonds is 6. The van der Waals surface area contributed by atoms with Gasteiger partial charge in [-0.1, -0.05) is 26.8 Å². The van der Waals surface area contributed by atoms with E-state index < -0.39 is 0 Å². The molecule has 0 spiro atoms. The van der Waals surface area contributed by atoms with Gasteiger partial charge in [-0.15, -0.1) is 0 Å². The molecule has 2 rings (SSSR count). The lowest BCUT2D eigenvalue weighted by Gasteiger charge is -2.19. The Morgan fingerprint density at radius 1 is 1.36 bits per heavy atom. The first kappa shape index (κ1) is 16.8. The number of esters is 1. The molecule has 0 unspecified atom stereocenters. The summed E-state index contributed by atoms with van der Waals surface area (Å²) in [7, 11) is 4.05. The molecule has 0 N–H and O–H groups in total. The van der Waals surface area contributed by atoms with Crippen LogP contribution in [0.25, 0.3) is 0 Å². The van der Waals surface area contributed by atoms with Gasteiger partial charge in [0.25, 0.3) is 0 Å². The fourth-order valence-corrected chi connectivity index (χ4v) is 2.66. The van der Waals surface area contributed by atoms with Crippen molar-refractivity contribution in [1.82, 2.24) is 4.90 Å². The predicted molar refractivity (Wildman–Crippen MR) is 87.0 cm³/mol. The van der Waals surface area contributed by atoms with Gasteiger partial charge in [-0.3, -0.25) is 4.79 Å². The highest BCUT2D eigenvalue weighted by atomic mass is 16.5. The highest BCUT2D eigenvalue weighted by Gasteiger charge is 2.33. The maximum Gasteiger partial charge on any atom is 0.308 e. The van der Waals surface area contributed by atoms with E-state index in [1.165, 1.54) is 5.56 Å². The lowest BCUT2D eigenvalue weighted by atomic mass is 10.1. The van der Waals surface area contributed by atoms with Crippen molar-refractivity contribution in [2.45, 2.75) is 33.3 Å². The summed E-state index contributed by atoms with van der Waals surface area (Å²) in [6, 6.07) is 6.14. The van der Waals surface area contributed by atoms with E-state index >= 15 is 0 Å². The second-order valence-electron chi connectivity index (χ2n) is 6.71. The summed E-state index contributed by atoms with van der Waals surface area (Å²) >= 11 is 0. The Bertz CT molecular complexity index is 525. The van der Waals surface area contributed by atoms with E-state index in [2.05, 4.69) is 17.9 Å². The van der Waals surface area contributed by atoms with Gasteiger partial charge < -0.3 is 14.4 Å². The van der Waals surface area contributed by atoms with Crippen LogP contribution in [0.1, 0.15) is 38.0 Å². The van der Waals surface area contributed by atoms with Crippen molar-refractivity contribution in [1.29, 1.82) is 0 Å². The summed E-state index contributed by atoms with van der Waals surface area (Å²) < 4.78 is 11.5. The van der Waals surface area contributed by atoms with Crippen molar-refractivity contribution in [2.24, 2.45) is 11.8 Å². The first-order valence-electron chi connectivity index (χ1n) is 7.99. The van der Waals surface area contributed by atoms with Crippen LogP contribution in [-0.4, -0.2) is 38.1 Å². The number of hydrogen-bond acceptors (Lipinski definition) is 4. The van der Waals surface area contributed by atoms with Gasteiger partial charge >= 0.3 is 5.97 Å². The number of ether oxygens (including phenoxy) is 2. The lowest BCUT2D eigenvalue weighted by molar-refractivity contribution is -0.155. The van der Waals surface area contributed by atoms with Crippen LogP contribution in [0.15, 0.2) is 18.2 Å². The van der Waals surface area contributed by atoms with E-state index in [0.717, 1.165) is 24.3 Å². The molecular weight excluding hydrogens is 278 g/mol. The minimum atomic E-state index is -0.151. The van der Waals surface area contributed by atoms with Crippen molar-refractivity contribution in [3.8, 4) is 5.75 Å². The summed E-state index contributed by atoms with van der Waals surface area (Å²) in [4.78, 5) is 14.0. The highest BCUT2D eigenvalue weighted by Crippen LogP contribution is 2.40. The third-order valence-corrected chi connectivity index (χ3v) is 4.00. The first-order valence-corrected chi connectivity index (χ1v) is 7.99. The standard InChI is InChI=1S/C18H27NO3/c1-12(2)18(20)22-17-13(3)10-14-6-7-15(11-16(14)17)21-9-8-19(4)5/h6-7,11-13,17H,8-10H2,1-5H3/t13-,17+/m1/s1. The van der Waals surface area contributed by atoms with E-state index in [1.807, 2.05) is 40.1 Å². The van der Waals surface area contributed by atoms with E-state index in [1.54, 1.807) is 0 Å². The molecule has 0 saturated carbocycles. The van der Waals surface area contributed by atoms with E-state index in [4.69, 9.17) is 9.47 Å². The van der Waals surface area contributed by atoms with E-state index in [-0.39, 0.29) is 18.0 Å². The summed E-state index contributed by atoms with van der Waals surface area (Å²) in [6.45, 7) is 7.38. The van der Waals surface area contributed by atoms with Gasteiger partial charge in [0.2, 0.25) is 0 Å². The minimum Gasteiger partial charge on any atom is -0.492 e. The third-order valence-electron chi connectivity index (χ3n) is 4.00. The topological polar surface area (TPSA) is 38.8 Å². The lowest BCUT2D eigenvalue weighted by Crippen LogP contribution is -2.19. The van der Waals surface area contributed by atoms with Crippen LogP contribution in [0.5, 0.6) is 5.75 Å². The van der Waals surface area contributed by atoms with Gasteiger partial charge in [0.05, 0.1) is 5.92 Å². The Morgan fingerprint density at radius 3 is 2.73 bits per heavy atom. The fraction of sp³-hybridized carbons (Fsp3) is 0.611. The normalized spacial score (nSPS) is 20.3. The van der Waals surface area contributed by atoms with Crippen LogP contribution in [0.4, 0.5) is 0 Å². The molecule has 1 aromatic rings. The maximum atomic E-state index is 11.9. The van der Waals surface area contributed by atoms with Gasteiger partial charge in [-0.25, -0.2) is 0 Å². The van der Waals surface area contributed by atoms with Crippen LogP contribution in [0.3, 0.4) is 0 Å². The van der Waals surface area contributed by atoms with Crippen molar-refractivity contribution in [3.63, 3.8) is 0 Å². The number of carbonyl (C=O) groups is 1. The van der Waals surface area contributed by atoms with Gasteiger partial charge in [-0.2, -0.15) is 0 Å². The zero-order valence-electron chi connectivity index (χ0n) is 14.3. The Hall–Kier alpha value is -1.55. The smallest absolute Gasteiger partial charge is 0.308 e. The molecule has 0 aliphatic heterocycles. The predicted octanol–water partition coefficient (Wildman–Crippen LogP) is 3.06. The SMILES string of the molecule is CC(C)C(=O)O[C@@H]1c2cc(OCCN(C)C)ccc2C[C@H]1C. The molecule has 0 radical (unpaired) electrons. The van der Waals surface area contributed by atoms with Crippen LogP contribution in [0.2, 0.25) is 0 Å². The summed E-state index contributed by atoms with van der Waals surface area (Å²) in [5, 5.41) is 0. The van der Waals surface area contributed by atoms with Crippen LogP contribution >= 0.6 is 0 Å². The average Bonchev–Trinajstić information content (AvgIpc) is 2.74. The first-order chi connectivity index (χ1) is 10.4. The highest BCUT2D eigenvalue weighted by molar-refractivity contribution is 5.72. The third kappa shape index (κ3) is 4.01. The molecule has 1 aromatic carbocycles. The van der Waals surface area contributed by atoms with Gasteiger partial charge in [0.1, 0.15) is 18.5 Å². The molecule has 4 heteroatoms. The summed E-state index contributed by atoms with van der Waals surface area (Å²) in [5.41, 5.74) is 2.36. The molecule has 0 aromatic heterocycles. The molecule has 1 aliphatic carbocycles. The van der Waals surface area contributed by atoms with Crippen LogP contribution in [-0.2, 0) is 16.0 Å². The summed E-state index contributed by atoms with van der Waals surface area (Å²) in [5.74, 6) is 0.925. The quantitative estimate of drug-likeness (QED) is 0.757. The van der Waals surface area contributed by atoms with Gasteiger partial charge in [0.15, 0.2) is 0 Å². The molecule has 122 valence electrons. The molecule has 0 amide bonds. The molecule has 0 fully saturated rings. The Balaban J connectivity index is 2.09. The van der Waals surface area contributed by atoms with Crippen molar-refractivity contribution in [2.75, 3.05) is 27.2 Å². The molecule has 22 heavy (non-hydrogen) atoms. The molecule has 0 saturated heterocycles. The Kier molecular flexibility index (Phi) is 5.46. The fourth-order valence-electron chi connectivity index (χ4n) is 2.66. The van der Waals surface area contributed by atoms with Crippen molar-refractivity contribution >= 4 is 5.97 Å². The minimum absolute atomic E-state index is 0.101. The number of benzene rings is 1. The van der Waals surface area contributed by atoms with E-state index in [9.17, 15) is 4.79 Å². The zero-order chi connectivity index (χ0) is 16.3. The molecule has 0 heterocycles. The number of likely N-dealkylation sites (N-methyl/N-ethyl adjacent to an activating group) is 1. The molecule has 1 aliphatic rings. The molecule has 2 atom stereocenters. The Morgan fingerprint density at radius 2 is 2.09 bits per heavy atom. The average molecular weight is 305 g/mol. The second-order valence-corrected chi connectivity index (χ2v) is 6.71. The second kappa shape index (κ2) is 7.14. The monoisotopic (exact) mass is 305 g/mol. The van der Waals surface area contributed by atoms with Crippen LogP contribution in [0, 0.1) is 11.8 Å². The molecule has 4 nitrogen and oxygen atoms in total. The van der Waals surface area contributed by atoms with Crippen molar-refractivity contribution in [3.05, 3.63) is 29.3 Å². The van der Waals surface area contributed by atoms with Gasteiger partial charge in [0, 0.05) is 12.5 Å². The molecule has 0 bridgehead atoms. The van der Waals surface area contributed by atoms with E-state index in [0.29, 0.717) is 12.5 Å². The summed E-state index contributed by atoms with van der Waals surface area (Å²) in [6.07, 6.45) is 0.797. The Labute approximate surface area is 133 Å².